The Bertz CT molecular complexity index is 462. The van der Waals surface area contributed by atoms with Gasteiger partial charge >= 0.3 is 0 Å². The van der Waals surface area contributed by atoms with Gasteiger partial charge in [0.1, 0.15) is 5.58 Å². The molecule has 86 valence electrons. The van der Waals surface area contributed by atoms with Crippen LogP contribution >= 0.6 is 0 Å². The summed E-state index contributed by atoms with van der Waals surface area (Å²) in [7, 11) is 0. The van der Waals surface area contributed by atoms with Gasteiger partial charge in [-0.2, -0.15) is 0 Å². The lowest BCUT2D eigenvalue weighted by molar-refractivity contribution is 0.172. The molecule has 0 fully saturated rings. The Balaban J connectivity index is 2.19. The Morgan fingerprint density at radius 3 is 2.81 bits per heavy atom. The third kappa shape index (κ3) is 2.26. The molecule has 1 atom stereocenters. The van der Waals surface area contributed by atoms with Crippen molar-refractivity contribution in [1.82, 2.24) is 5.32 Å². The molecular formula is C13H17NO2. The number of fused-ring (bicyclic) bond motifs is 1. The van der Waals surface area contributed by atoms with E-state index in [-0.39, 0.29) is 0 Å². The normalized spacial score (nSPS) is 13.5. The second-order valence-corrected chi connectivity index (χ2v) is 4.27. The van der Waals surface area contributed by atoms with Crippen molar-refractivity contribution in [3.63, 3.8) is 0 Å². The first-order chi connectivity index (χ1) is 7.68. The molecule has 2 rings (SSSR count). The van der Waals surface area contributed by atoms with Crippen LogP contribution < -0.4 is 5.32 Å². The van der Waals surface area contributed by atoms with Crippen LogP contribution in [-0.4, -0.2) is 17.7 Å². The molecule has 0 saturated heterocycles. The molecule has 0 aliphatic rings. The molecule has 2 N–H and O–H groups in total. The van der Waals surface area contributed by atoms with Crippen LogP contribution in [0, 0.1) is 0 Å². The topological polar surface area (TPSA) is 45.4 Å². The average Bonchev–Trinajstić information content (AvgIpc) is 2.69. The second kappa shape index (κ2) is 4.68. The van der Waals surface area contributed by atoms with Crippen molar-refractivity contribution in [3.8, 4) is 0 Å². The molecule has 1 aromatic carbocycles. The maximum atomic E-state index is 10.0. The molecule has 0 amide bonds. The number of nitrogens with one attached hydrogen (secondary N) is 1. The van der Waals surface area contributed by atoms with E-state index in [0.717, 1.165) is 16.5 Å². The number of hydrogen-bond donors (Lipinski definition) is 2. The highest BCUT2D eigenvalue weighted by Crippen LogP contribution is 2.25. The van der Waals surface area contributed by atoms with E-state index in [1.807, 2.05) is 24.3 Å². The van der Waals surface area contributed by atoms with E-state index in [9.17, 15) is 5.11 Å². The number of hydrogen-bond acceptors (Lipinski definition) is 3. The van der Waals surface area contributed by atoms with Crippen molar-refractivity contribution >= 4 is 11.0 Å². The first-order valence-electron chi connectivity index (χ1n) is 5.56. The van der Waals surface area contributed by atoms with E-state index < -0.39 is 6.10 Å². The van der Waals surface area contributed by atoms with Gasteiger partial charge in [0.25, 0.3) is 0 Å². The van der Waals surface area contributed by atoms with Crippen LogP contribution in [0.2, 0.25) is 0 Å². The van der Waals surface area contributed by atoms with Gasteiger partial charge in [-0.1, -0.05) is 32.0 Å². The summed E-state index contributed by atoms with van der Waals surface area (Å²) in [4.78, 5) is 0. The van der Waals surface area contributed by atoms with Crippen LogP contribution in [0.4, 0.5) is 0 Å². The predicted molar refractivity (Wildman–Crippen MR) is 64.3 cm³/mol. The fourth-order valence-corrected chi connectivity index (χ4v) is 1.71. The van der Waals surface area contributed by atoms with E-state index in [1.54, 1.807) is 6.26 Å². The Morgan fingerprint density at radius 1 is 1.31 bits per heavy atom. The summed E-state index contributed by atoms with van der Waals surface area (Å²) in [5.74, 6) is 0. The molecule has 0 aliphatic carbocycles. The fourth-order valence-electron chi connectivity index (χ4n) is 1.71. The lowest BCUT2D eigenvalue weighted by Gasteiger charge is -2.12. The van der Waals surface area contributed by atoms with E-state index in [1.165, 1.54) is 0 Å². The van der Waals surface area contributed by atoms with Gasteiger partial charge in [-0.3, -0.25) is 0 Å². The van der Waals surface area contributed by atoms with Gasteiger partial charge in [-0.15, -0.1) is 0 Å². The van der Waals surface area contributed by atoms with Gasteiger partial charge in [0.2, 0.25) is 0 Å². The zero-order chi connectivity index (χ0) is 11.5. The Kier molecular flexibility index (Phi) is 3.27. The minimum absolute atomic E-state index is 0.368. The van der Waals surface area contributed by atoms with Crippen LogP contribution in [0.15, 0.2) is 34.9 Å². The monoisotopic (exact) mass is 219 g/mol. The first kappa shape index (κ1) is 11.2. The molecule has 0 saturated carbocycles. The van der Waals surface area contributed by atoms with E-state index in [2.05, 4.69) is 19.2 Å². The lowest BCUT2D eigenvalue weighted by Crippen LogP contribution is -2.27. The molecule has 1 heterocycles. The summed E-state index contributed by atoms with van der Waals surface area (Å²) in [6.07, 6.45) is 1.11. The number of furan rings is 1. The highest BCUT2D eigenvalue weighted by Gasteiger charge is 2.13. The van der Waals surface area contributed by atoms with E-state index >= 15 is 0 Å². The van der Waals surface area contributed by atoms with Crippen molar-refractivity contribution in [2.45, 2.75) is 26.0 Å². The summed E-state index contributed by atoms with van der Waals surface area (Å²) in [5, 5.41) is 14.2. The van der Waals surface area contributed by atoms with Crippen molar-refractivity contribution in [3.05, 3.63) is 36.1 Å². The SMILES string of the molecule is CC(C)NC[C@H](O)c1coc2ccccc12. The summed E-state index contributed by atoms with van der Waals surface area (Å²) in [5.41, 5.74) is 1.67. The molecule has 1 aromatic heterocycles. The average molecular weight is 219 g/mol. The Labute approximate surface area is 95.1 Å². The molecule has 16 heavy (non-hydrogen) atoms. The Hall–Kier alpha value is -1.32. The summed E-state index contributed by atoms with van der Waals surface area (Å²) < 4.78 is 5.39. The number of aliphatic hydroxyl groups excluding tert-OH is 1. The molecule has 3 heteroatoms. The van der Waals surface area contributed by atoms with Crippen molar-refractivity contribution < 1.29 is 9.52 Å². The highest BCUT2D eigenvalue weighted by molar-refractivity contribution is 5.81. The van der Waals surface area contributed by atoms with Gasteiger partial charge in [-0.25, -0.2) is 0 Å². The van der Waals surface area contributed by atoms with Crippen LogP contribution in [0.5, 0.6) is 0 Å². The maximum absolute atomic E-state index is 10.0. The quantitative estimate of drug-likeness (QED) is 0.830. The van der Waals surface area contributed by atoms with Crippen molar-refractivity contribution in [2.24, 2.45) is 0 Å². The minimum atomic E-state index is -0.522. The molecule has 3 nitrogen and oxygen atoms in total. The first-order valence-corrected chi connectivity index (χ1v) is 5.56. The molecule has 0 unspecified atom stereocenters. The van der Waals surface area contributed by atoms with Crippen LogP contribution in [0.1, 0.15) is 25.5 Å². The summed E-state index contributed by atoms with van der Waals surface area (Å²) >= 11 is 0. The summed E-state index contributed by atoms with van der Waals surface area (Å²) in [6, 6.07) is 8.11. The van der Waals surface area contributed by atoms with Crippen LogP contribution in [-0.2, 0) is 0 Å². The van der Waals surface area contributed by atoms with Crippen LogP contribution in [0.3, 0.4) is 0 Å². The smallest absolute Gasteiger partial charge is 0.134 e. The van der Waals surface area contributed by atoms with Crippen molar-refractivity contribution in [1.29, 1.82) is 0 Å². The van der Waals surface area contributed by atoms with E-state index in [0.29, 0.717) is 12.6 Å². The number of para-hydroxylation sites is 1. The molecular weight excluding hydrogens is 202 g/mol. The van der Waals surface area contributed by atoms with Crippen molar-refractivity contribution in [2.75, 3.05) is 6.54 Å². The zero-order valence-electron chi connectivity index (χ0n) is 9.60. The third-order valence-electron chi connectivity index (χ3n) is 2.59. The maximum Gasteiger partial charge on any atom is 0.134 e. The molecule has 2 aromatic rings. The van der Waals surface area contributed by atoms with Gasteiger partial charge in [0.05, 0.1) is 12.4 Å². The molecule has 0 spiro atoms. The second-order valence-electron chi connectivity index (χ2n) is 4.27. The van der Waals surface area contributed by atoms with Gasteiger partial charge < -0.3 is 14.8 Å². The highest BCUT2D eigenvalue weighted by atomic mass is 16.3. The zero-order valence-corrected chi connectivity index (χ0v) is 9.60. The molecule has 0 aliphatic heterocycles. The number of aliphatic hydroxyl groups is 1. The number of benzene rings is 1. The summed E-state index contributed by atoms with van der Waals surface area (Å²) in [6.45, 7) is 4.65. The van der Waals surface area contributed by atoms with E-state index in [4.69, 9.17) is 4.42 Å². The predicted octanol–water partition coefficient (Wildman–Crippen LogP) is 2.46. The molecule has 0 bridgehead atoms. The van der Waals surface area contributed by atoms with Gasteiger partial charge in [0.15, 0.2) is 0 Å². The largest absolute Gasteiger partial charge is 0.464 e. The number of rotatable bonds is 4. The van der Waals surface area contributed by atoms with Crippen LogP contribution in [0.25, 0.3) is 11.0 Å². The van der Waals surface area contributed by atoms with Gasteiger partial charge in [0, 0.05) is 23.5 Å². The fraction of sp³-hybridized carbons (Fsp3) is 0.385. The Morgan fingerprint density at radius 2 is 2.06 bits per heavy atom. The standard InChI is InChI=1S/C13H17NO2/c1-9(2)14-7-12(15)11-8-16-13-6-4-3-5-10(11)13/h3-6,8-9,12,14-15H,7H2,1-2H3/t12-/m0/s1. The lowest BCUT2D eigenvalue weighted by atomic mass is 10.1. The minimum Gasteiger partial charge on any atom is -0.464 e. The molecule has 0 radical (unpaired) electrons. The van der Waals surface area contributed by atoms with Gasteiger partial charge in [-0.05, 0) is 6.07 Å². The third-order valence-corrected chi connectivity index (χ3v) is 2.59.